The number of nitrogens with zero attached hydrogens (tertiary/aromatic N) is 2. The van der Waals surface area contributed by atoms with Crippen molar-refractivity contribution in [1.82, 2.24) is 4.98 Å². The molecule has 0 spiro atoms. The van der Waals surface area contributed by atoms with Crippen molar-refractivity contribution < 1.29 is 32.3 Å². The van der Waals surface area contributed by atoms with Crippen LogP contribution in [0.4, 0.5) is 15.2 Å². The number of amides is 2. The summed E-state index contributed by atoms with van der Waals surface area (Å²) in [4.78, 5) is 42.7. The molecule has 0 saturated carbocycles. The molecule has 2 N–H and O–H groups in total. The number of nitrogens with one attached hydrogen (secondary N) is 1. The van der Waals surface area contributed by atoms with Crippen molar-refractivity contribution in [2.24, 2.45) is 0 Å². The Morgan fingerprint density at radius 2 is 2.00 bits per heavy atom. The van der Waals surface area contributed by atoms with Gasteiger partial charge in [-0.1, -0.05) is 30.4 Å². The molecule has 0 bridgehead atoms. The van der Waals surface area contributed by atoms with E-state index in [0.29, 0.717) is 29.2 Å². The summed E-state index contributed by atoms with van der Waals surface area (Å²) in [6, 6.07) is 9.48. The Morgan fingerprint density at radius 1 is 1.23 bits per heavy atom. The van der Waals surface area contributed by atoms with Gasteiger partial charge in [-0.15, -0.1) is 0 Å². The van der Waals surface area contributed by atoms with E-state index in [4.69, 9.17) is 0 Å². The van der Waals surface area contributed by atoms with Gasteiger partial charge in [-0.3, -0.25) is 9.59 Å². The van der Waals surface area contributed by atoms with Crippen LogP contribution in [0.1, 0.15) is 38.2 Å². The second kappa shape index (κ2) is 9.55. The van der Waals surface area contributed by atoms with Crippen LogP contribution in [0.3, 0.4) is 0 Å². The molecule has 35 heavy (non-hydrogen) atoms. The third kappa shape index (κ3) is 5.08. The number of rotatable bonds is 7. The smallest absolute Gasteiger partial charge is 0.335 e. The van der Waals surface area contributed by atoms with Gasteiger partial charge in [-0.2, -0.15) is 0 Å². The Kier molecular flexibility index (Phi) is 6.68. The zero-order chi connectivity index (χ0) is 25.3. The first-order valence-corrected chi connectivity index (χ1v) is 13.0. The Labute approximate surface area is 204 Å². The second-order valence-corrected chi connectivity index (χ2v) is 11.0. The maximum Gasteiger partial charge on any atom is 0.335 e. The second-order valence-electron chi connectivity index (χ2n) is 7.74. The lowest BCUT2D eigenvalue weighted by atomic mass is 10.1. The van der Waals surface area contributed by atoms with Crippen LogP contribution in [0.25, 0.3) is 0 Å². The molecule has 1 aliphatic rings. The molecule has 12 heteroatoms. The van der Waals surface area contributed by atoms with E-state index in [1.54, 1.807) is 12.1 Å². The van der Waals surface area contributed by atoms with Crippen LogP contribution in [0.5, 0.6) is 0 Å². The number of thiazole rings is 1. The molecular weight excluding hydrogens is 497 g/mol. The third-order valence-corrected chi connectivity index (χ3v) is 8.21. The average molecular weight is 518 g/mol. The number of sulfone groups is 1. The molecule has 3 aromatic rings. The minimum Gasteiger partial charge on any atom is -0.478 e. The number of anilines is 2. The SMILES string of the molecule is CCS(=O)(=O)c1ccc(CC(=O)Nc2nc3c(s2)C(=O)N(c2cccc(C(=O)O)c2)CC3)c(F)c1. The molecule has 0 radical (unpaired) electrons. The number of hydrogen-bond donors (Lipinski definition) is 2. The number of hydrogen-bond acceptors (Lipinski definition) is 7. The molecule has 0 atom stereocenters. The molecule has 4 rings (SSSR count). The zero-order valence-electron chi connectivity index (χ0n) is 18.4. The van der Waals surface area contributed by atoms with Crippen molar-refractivity contribution >= 4 is 49.8 Å². The first-order valence-electron chi connectivity index (χ1n) is 10.5. The Bertz CT molecular complexity index is 1450. The highest BCUT2D eigenvalue weighted by molar-refractivity contribution is 7.91. The van der Waals surface area contributed by atoms with Crippen LogP contribution >= 0.6 is 11.3 Å². The van der Waals surface area contributed by atoms with Gasteiger partial charge in [0, 0.05) is 18.7 Å². The van der Waals surface area contributed by atoms with Crippen molar-refractivity contribution in [1.29, 1.82) is 0 Å². The number of aromatic nitrogens is 1. The maximum absolute atomic E-state index is 14.4. The Morgan fingerprint density at radius 3 is 2.69 bits per heavy atom. The van der Waals surface area contributed by atoms with Gasteiger partial charge in [0.05, 0.1) is 28.3 Å². The summed E-state index contributed by atoms with van der Waals surface area (Å²) in [6.45, 7) is 1.75. The van der Waals surface area contributed by atoms with Gasteiger partial charge < -0.3 is 15.3 Å². The van der Waals surface area contributed by atoms with E-state index in [9.17, 15) is 32.3 Å². The van der Waals surface area contributed by atoms with E-state index >= 15 is 0 Å². The minimum atomic E-state index is -3.57. The van der Waals surface area contributed by atoms with Crippen molar-refractivity contribution in [3.8, 4) is 0 Å². The largest absolute Gasteiger partial charge is 0.478 e. The van der Waals surface area contributed by atoms with Crippen LogP contribution in [-0.4, -0.2) is 48.6 Å². The number of fused-ring (bicyclic) bond motifs is 1. The molecule has 2 heterocycles. The average Bonchev–Trinajstić information content (AvgIpc) is 3.24. The van der Waals surface area contributed by atoms with E-state index < -0.39 is 27.5 Å². The van der Waals surface area contributed by atoms with Gasteiger partial charge >= 0.3 is 5.97 Å². The van der Waals surface area contributed by atoms with Crippen molar-refractivity contribution in [3.05, 3.63) is 70.0 Å². The monoisotopic (exact) mass is 517 g/mol. The van der Waals surface area contributed by atoms with Gasteiger partial charge in [0.25, 0.3) is 5.91 Å². The molecule has 1 aromatic heterocycles. The lowest BCUT2D eigenvalue weighted by Crippen LogP contribution is -2.37. The fourth-order valence-corrected chi connectivity index (χ4v) is 5.47. The highest BCUT2D eigenvalue weighted by Gasteiger charge is 2.30. The quantitative estimate of drug-likeness (QED) is 0.492. The number of carbonyl (C=O) groups excluding carboxylic acids is 2. The summed E-state index contributed by atoms with van der Waals surface area (Å²) in [5.74, 6) is -2.99. The van der Waals surface area contributed by atoms with Crippen LogP contribution < -0.4 is 10.2 Å². The number of benzene rings is 2. The predicted molar refractivity (Wildman–Crippen MR) is 127 cm³/mol. The minimum absolute atomic E-state index is 0.0273. The van der Waals surface area contributed by atoms with Gasteiger partial charge in [0.15, 0.2) is 15.0 Å². The number of carbonyl (C=O) groups is 3. The fraction of sp³-hybridized carbons (Fsp3) is 0.217. The molecule has 1 aliphatic heterocycles. The number of halogens is 1. The van der Waals surface area contributed by atoms with Gasteiger partial charge in [-0.05, 0) is 35.9 Å². The molecule has 0 aliphatic carbocycles. The summed E-state index contributed by atoms with van der Waals surface area (Å²) in [7, 11) is -3.57. The summed E-state index contributed by atoms with van der Waals surface area (Å²) < 4.78 is 38.2. The summed E-state index contributed by atoms with van der Waals surface area (Å²) >= 11 is 0.981. The summed E-state index contributed by atoms with van der Waals surface area (Å²) in [5, 5.41) is 11.9. The maximum atomic E-state index is 14.4. The summed E-state index contributed by atoms with van der Waals surface area (Å²) in [5.41, 5.74) is 1.05. The van der Waals surface area contributed by atoms with E-state index in [1.807, 2.05) is 0 Å². The molecule has 182 valence electrons. The van der Waals surface area contributed by atoms with Crippen LogP contribution in [0.2, 0.25) is 0 Å². The normalized spacial score (nSPS) is 13.4. The first kappa shape index (κ1) is 24.5. The summed E-state index contributed by atoms with van der Waals surface area (Å²) in [6.07, 6.45) is 0.0668. The van der Waals surface area contributed by atoms with Crippen molar-refractivity contribution in [2.45, 2.75) is 24.7 Å². The number of carboxylic acids is 1. The third-order valence-electron chi connectivity index (χ3n) is 5.47. The van der Waals surface area contributed by atoms with Crippen LogP contribution in [-0.2, 0) is 27.5 Å². The van der Waals surface area contributed by atoms with Crippen LogP contribution in [0, 0.1) is 5.82 Å². The highest BCUT2D eigenvalue weighted by atomic mass is 32.2. The molecule has 0 unspecified atom stereocenters. The van der Waals surface area contributed by atoms with E-state index in [-0.39, 0.29) is 39.2 Å². The lowest BCUT2D eigenvalue weighted by Gasteiger charge is -2.26. The first-order chi connectivity index (χ1) is 16.6. The standard InChI is InChI=1S/C23H20FN3O6S2/c1-2-35(32,33)16-7-6-13(17(24)12-16)11-19(28)26-23-25-18-8-9-27(21(29)20(18)34-23)15-5-3-4-14(10-15)22(30)31/h3-7,10,12H,2,8-9,11H2,1H3,(H,30,31)(H,25,26,28). The number of aromatic carboxylic acids is 1. The van der Waals surface area contributed by atoms with E-state index in [2.05, 4.69) is 10.3 Å². The van der Waals surface area contributed by atoms with E-state index in [1.165, 1.54) is 36.1 Å². The molecule has 0 saturated heterocycles. The number of carboxylic acid groups (broad SMARTS) is 1. The molecular formula is C23H20FN3O6S2. The topological polar surface area (TPSA) is 134 Å². The van der Waals surface area contributed by atoms with Gasteiger partial charge in [0.1, 0.15) is 10.7 Å². The lowest BCUT2D eigenvalue weighted by molar-refractivity contribution is -0.115. The predicted octanol–water partition coefficient (Wildman–Crippen LogP) is 3.16. The van der Waals surface area contributed by atoms with Crippen molar-refractivity contribution in [2.75, 3.05) is 22.5 Å². The zero-order valence-corrected chi connectivity index (χ0v) is 20.1. The van der Waals surface area contributed by atoms with Gasteiger partial charge in [0.2, 0.25) is 5.91 Å². The Balaban J connectivity index is 1.47. The molecule has 9 nitrogen and oxygen atoms in total. The molecule has 2 aromatic carbocycles. The Hall–Kier alpha value is -3.64. The fourth-order valence-electron chi connectivity index (χ4n) is 3.60. The molecule has 0 fully saturated rings. The molecule has 2 amide bonds. The highest BCUT2D eigenvalue weighted by Crippen LogP contribution is 2.31. The van der Waals surface area contributed by atoms with Crippen LogP contribution in [0.15, 0.2) is 47.4 Å². The van der Waals surface area contributed by atoms with E-state index in [0.717, 1.165) is 17.4 Å². The van der Waals surface area contributed by atoms with Gasteiger partial charge in [-0.25, -0.2) is 22.6 Å². The van der Waals surface area contributed by atoms with Crippen molar-refractivity contribution in [3.63, 3.8) is 0 Å².